The van der Waals surface area contributed by atoms with E-state index in [9.17, 15) is 0 Å². The van der Waals surface area contributed by atoms with E-state index in [0.29, 0.717) is 0 Å². The van der Waals surface area contributed by atoms with Crippen molar-refractivity contribution in [2.75, 3.05) is 25.7 Å². The molecule has 0 saturated heterocycles. The molecule has 0 saturated carbocycles. The number of benzene rings is 1. The van der Waals surface area contributed by atoms with Gasteiger partial charge in [0.2, 0.25) is 0 Å². The summed E-state index contributed by atoms with van der Waals surface area (Å²) in [5, 5.41) is 0. The number of hydrogen-bond acceptors (Lipinski definition) is 1. The van der Waals surface area contributed by atoms with E-state index in [4.69, 9.17) is 11.2 Å². The third-order valence-corrected chi connectivity index (χ3v) is 7.60. The number of rotatable bonds is 6. The molecule has 0 spiro atoms. The molecule has 0 aromatic heterocycles. The quantitative estimate of drug-likeness (QED) is 0.588. The van der Waals surface area contributed by atoms with Gasteiger partial charge in [-0.2, -0.15) is 0 Å². The van der Waals surface area contributed by atoms with Crippen molar-refractivity contribution in [3.05, 3.63) is 35.4 Å². The first-order chi connectivity index (χ1) is 9.20. The SMILES string of the molecule is Cc1ccc(CN(P(Cl)CCP(C)C)C(C)(C)C)cc1. The molecule has 0 heterocycles. The van der Waals surface area contributed by atoms with Gasteiger partial charge in [0.15, 0.2) is 0 Å². The molecule has 0 aliphatic rings. The van der Waals surface area contributed by atoms with Crippen molar-refractivity contribution < 1.29 is 0 Å². The van der Waals surface area contributed by atoms with E-state index in [1.165, 1.54) is 17.3 Å². The molecule has 1 unspecified atom stereocenters. The predicted octanol–water partition coefficient (Wildman–Crippen LogP) is 5.89. The fourth-order valence-electron chi connectivity index (χ4n) is 1.91. The summed E-state index contributed by atoms with van der Waals surface area (Å²) in [5.41, 5.74) is 2.78. The van der Waals surface area contributed by atoms with Crippen LogP contribution in [0.3, 0.4) is 0 Å². The summed E-state index contributed by atoms with van der Waals surface area (Å²) in [6, 6.07) is 8.81. The molecule has 1 aromatic carbocycles. The number of aryl methyl sites for hydroxylation is 1. The molecular formula is C16H28ClNP2. The van der Waals surface area contributed by atoms with E-state index in [0.717, 1.165) is 12.7 Å². The van der Waals surface area contributed by atoms with Crippen LogP contribution in [0.5, 0.6) is 0 Å². The largest absolute Gasteiger partial charge is 0.260 e. The van der Waals surface area contributed by atoms with Gasteiger partial charge >= 0.3 is 0 Å². The zero-order chi connectivity index (χ0) is 15.3. The summed E-state index contributed by atoms with van der Waals surface area (Å²) in [5.74, 6) is 0. The Balaban J connectivity index is 2.76. The Morgan fingerprint density at radius 1 is 1.05 bits per heavy atom. The van der Waals surface area contributed by atoms with Gasteiger partial charge in [-0.15, -0.1) is 7.92 Å². The highest BCUT2D eigenvalue weighted by Crippen LogP contribution is 2.51. The molecule has 0 aliphatic heterocycles. The van der Waals surface area contributed by atoms with Gasteiger partial charge in [-0.1, -0.05) is 41.1 Å². The maximum Gasteiger partial charge on any atom is 0.0637 e. The molecule has 0 aliphatic carbocycles. The molecule has 0 bridgehead atoms. The normalized spacial score (nSPS) is 14.1. The van der Waals surface area contributed by atoms with Crippen molar-refractivity contribution in [3.8, 4) is 0 Å². The second-order valence-corrected chi connectivity index (χ2v) is 12.0. The summed E-state index contributed by atoms with van der Waals surface area (Å²) in [7, 11) is -0.426. The molecule has 114 valence electrons. The van der Waals surface area contributed by atoms with Crippen LogP contribution in [0.15, 0.2) is 24.3 Å². The van der Waals surface area contributed by atoms with Crippen LogP contribution in [0, 0.1) is 6.92 Å². The van der Waals surface area contributed by atoms with Crippen LogP contribution in [0.25, 0.3) is 0 Å². The van der Waals surface area contributed by atoms with Gasteiger partial charge in [0, 0.05) is 12.1 Å². The average molecular weight is 332 g/mol. The molecule has 1 nitrogen and oxygen atoms in total. The number of hydrogen-bond donors (Lipinski definition) is 0. The van der Waals surface area contributed by atoms with Gasteiger partial charge < -0.3 is 0 Å². The average Bonchev–Trinajstić information content (AvgIpc) is 2.33. The van der Waals surface area contributed by atoms with E-state index < -0.39 is 7.43 Å². The van der Waals surface area contributed by atoms with Gasteiger partial charge in [-0.3, -0.25) is 4.67 Å². The first kappa shape index (κ1) is 18.4. The highest BCUT2D eigenvalue weighted by molar-refractivity contribution is 7.82. The lowest BCUT2D eigenvalue weighted by Gasteiger charge is -2.39. The Bertz CT molecular complexity index is 398. The van der Waals surface area contributed by atoms with Crippen LogP contribution in [-0.2, 0) is 6.54 Å². The van der Waals surface area contributed by atoms with Crippen molar-refractivity contribution in [3.63, 3.8) is 0 Å². The Hall–Kier alpha value is 0.330. The molecule has 1 aromatic rings. The third-order valence-electron chi connectivity index (χ3n) is 3.22. The van der Waals surface area contributed by atoms with Crippen molar-refractivity contribution in [2.24, 2.45) is 0 Å². The molecule has 1 rings (SSSR count). The van der Waals surface area contributed by atoms with Crippen molar-refractivity contribution >= 4 is 26.6 Å². The maximum absolute atomic E-state index is 6.76. The fourth-order valence-corrected chi connectivity index (χ4v) is 6.90. The van der Waals surface area contributed by atoms with Gasteiger partial charge in [-0.05, 0) is 58.9 Å². The van der Waals surface area contributed by atoms with Crippen molar-refractivity contribution in [2.45, 2.75) is 39.8 Å². The second kappa shape index (κ2) is 8.09. The van der Waals surface area contributed by atoms with Crippen LogP contribution in [0.1, 0.15) is 31.9 Å². The lowest BCUT2D eigenvalue weighted by Crippen LogP contribution is -2.36. The monoisotopic (exact) mass is 331 g/mol. The number of halogens is 1. The first-order valence-corrected chi connectivity index (χ1v) is 11.9. The smallest absolute Gasteiger partial charge is 0.0637 e. The van der Waals surface area contributed by atoms with Crippen LogP contribution >= 0.6 is 26.6 Å². The zero-order valence-electron chi connectivity index (χ0n) is 13.7. The fraction of sp³-hybridized carbons (Fsp3) is 0.625. The highest BCUT2D eigenvalue weighted by Gasteiger charge is 2.27. The Morgan fingerprint density at radius 2 is 1.60 bits per heavy atom. The lowest BCUT2D eigenvalue weighted by molar-refractivity contribution is 0.259. The molecule has 0 N–H and O–H groups in total. The van der Waals surface area contributed by atoms with E-state index in [1.807, 2.05) is 0 Å². The van der Waals surface area contributed by atoms with E-state index in [-0.39, 0.29) is 13.5 Å². The second-order valence-electron chi connectivity index (χ2n) is 6.58. The van der Waals surface area contributed by atoms with Gasteiger partial charge in [0.1, 0.15) is 0 Å². The molecule has 4 heteroatoms. The zero-order valence-corrected chi connectivity index (χ0v) is 16.2. The highest BCUT2D eigenvalue weighted by atomic mass is 35.7. The Labute approximate surface area is 132 Å². The van der Waals surface area contributed by atoms with Crippen molar-refractivity contribution in [1.29, 1.82) is 0 Å². The topological polar surface area (TPSA) is 3.24 Å². The summed E-state index contributed by atoms with van der Waals surface area (Å²) >= 11 is 6.76. The third kappa shape index (κ3) is 6.40. The van der Waals surface area contributed by atoms with Crippen LogP contribution in [0.2, 0.25) is 0 Å². The van der Waals surface area contributed by atoms with Crippen molar-refractivity contribution in [1.82, 2.24) is 4.67 Å². The van der Waals surface area contributed by atoms with Crippen LogP contribution < -0.4 is 0 Å². The first-order valence-electron chi connectivity index (χ1n) is 7.11. The minimum Gasteiger partial charge on any atom is -0.260 e. The summed E-state index contributed by atoms with van der Waals surface area (Å²) in [6.07, 6.45) is 2.41. The molecule has 0 fully saturated rings. The summed E-state index contributed by atoms with van der Waals surface area (Å²) in [6.45, 7) is 14.5. The molecule has 1 atom stereocenters. The molecular weight excluding hydrogens is 304 g/mol. The molecule has 0 amide bonds. The standard InChI is InChI=1S/C16H28ClNP2/c1-14-7-9-15(10-8-14)13-18(16(2,3)4)20(17)12-11-19(5)6/h7-10H,11-13H2,1-6H3. The Morgan fingerprint density at radius 3 is 2.05 bits per heavy atom. The van der Waals surface area contributed by atoms with Gasteiger partial charge in [-0.25, -0.2) is 0 Å². The van der Waals surface area contributed by atoms with E-state index in [1.54, 1.807) is 0 Å². The molecule has 20 heavy (non-hydrogen) atoms. The van der Waals surface area contributed by atoms with Gasteiger partial charge in [0.25, 0.3) is 0 Å². The maximum atomic E-state index is 6.76. The number of nitrogens with zero attached hydrogens (tertiary/aromatic N) is 1. The minimum absolute atomic E-state index is 0.114. The van der Waals surface area contributed by atoms with Crippen LogP contribution in [0.4, 0.5) is 0 Å². The van der Waals surface area contributed by atoms with E-state index in [2.05, 4.69) is 70.0 Å². The lowest BCUT2D eigenvalue weighted by atomic mass is 10.1. The van der Waals surface area contributed by atoms with Crippen LogP contribution in [-0.4, -0.2) is 35.9 Å². The van der Waals surface area contributed by atoms with E-state index >= 15 is 0 Å². The minimum atomic E-state index is -0.574. The molecule has 0 radical (unpaired) electrons. The Kier molecular flexibility index (Phi) is 7.44. The summed E-state index contributed by atoms with van der Waals surface area (Å²) in [4.78, 5) is 0. The van der Waals surface area contributed by atoms with Gasteiger partial charge in [0.05, 0.1) is 7.43 Å². The predicted molar refractivity (Wildman–Crippen MR) is 97.8 cm³/mol. The summed E-state index contributed by atoms with van der Waals surface area (Å²) < 4.78 is 2.48.